The first-order chi connectivity index (χ1) is 9.27. The highest BCUT2D eigenvalue weighted by Crippen LogP contribution is 2.34. The molecule has 0 radical (unpaired) electrons. The quantitative estimate of drug-likeness (QED) is 0.849. The minimum absolute atomic E-state index is 0. The van der Waals surface area contributed by atoms with Gasteiger partial charge in [-0.25, -0.2) is 0 Å². The van der Waals surface area contributed by atoms with E-state index >= 15 is 0 Å². The van der Waals surface area contributed by atoms with Gasteiger partial charge in [-0.1, -0.05) is 6.07 Å². The number of halogens is 1. The SMILES string of the molecule is C[C@H]1CNCCN1C(=O)c1cccc2c1OCCO2.Cl. The van der Waals surface area contributed by atoms with E-state index in [1.54, 1.807) is 0 Å². The Labute approximate surface area is 124 Å². The molecule has 1 saturated heterocycles. The summed E-state index contributed by atoms with van der Waals surface area (Å²) < 4.78 is 11.1. The average Bonchev–Trinajstić information content (AvgIpc) is 2.46. The van der Waals surface area contributed by atoms with Gasteiger partial charge in [0.25, 0.3) is 5.91 Å². The summed E-state index contributed by atoms with van der Waals surface area (Å²) in [5.74, 6) is 1.28. The Kier molecular flexibility index (Phi) is 4.73. The fraction of sp³-hybridized carbons (Fsp3) is 0.500. The van der Waals surface area contributed by atoms with Crippen LogP contribution in [0.2, 0.25) is 0 Å². The average molecular weight is 299 g/mol. The Hall–Kier alpha value is -1.46. The van der Waals surface area contributed by atoms with Crippen molar-refractivity contribution in [2.75, 3.05) is 32.8 Å². The summed E-state index contributed by atoms with van der Waals surface area (Å²) in [6.45, 7) is 5.48. The molecule has 0 unspecified atom stereocenters. The van der Waals surface area contributed by atoms with Crippen LogP contribution in [0.5, 0.6) is 11.5 Å². The monoisotopic (exact) mass is 298 g/mol. The van der Waals surface area contributed by atoms with Crippen LogP contribution in [0.25, 0.3) is 0 Å². The largest absolute Gasteiger partial charge is 0.486 e. The first kappa shape index (κ1) is 14.9. The molecule has 1 fully saturated rings. The van der Waals surface area contributed by atoms with Crippen molar-refractivity contribution in [2.24, 2.45) is 0 Å². The highest BCUT2D eigenvalue weighted by molar-refractivity contribution is 5.98. The molecule has 20 heavy (non-hydrogen) atoms. The maximum Gasteiger partial charge on any atom is 0.258 e. The third kappa shape index (κ3) is 2.69. The highest BCUT2D eigenvalue weighted by Gasteiger charge is 2.28. The predicted octanol–water partition coefficient (Wildman–Crippen LogP) is 1.31. The standard InChI is InChI=1S/C14H18N2O3.ClH/c1-10-9-15-5-6-16(10)14(17)11-3-2-4-12-13(11)19-8-7-18-12;/h2-4,10,15H,5-9H2,1H3;1H/t10-;/m0./s1. The number of ether oxygens (including phenoxy) is 2. The molecular weight excluding hydrogens is 280 g/mol. The molecule has 6 heteroatoms. The van der Waals surface area contributed by atoms with Crippen molar-refractivity contribution in [3.63, 3.8) is 0 Å². The zero-order valence-corrected chi connectivity index (χ0v) is 12.2. The summed E-state index contributed by atoms with van der Waals surface area (Å²) in [5.41, 5.74) is 0.603. The van der Waals surface area contributed by atoms with E-state index in [2.05, 4.69) is 12.2 Å². The van der Waals surface area contributed by atoms with Gasteiger partial charge >= 0.3 is 0 Å². The summed E-state index contributed by atoms with van der Waals surface area (Å²) in [6.07, 6.45) is 0. The molecule has 2 aliphatic rings. The van der Waals surface area contributed by atoms with Gasteiger partial charge in [0.2, 0.25) is 0 Å². The molecule has 2 aliphatic heterocycles. The molecule has 0 saturated carbocycles. The second-order valence-corrected chi connectivity index (χ2v) is 4.88. The van der Waals surface area contributed by atoms with Gasteiger partial charge in [0.1, 0.15) is 13.2 Å². The maximum atomic E-state index is 12.6. The minimum Gasteiger partial charge on any atom is -0.486 e. The van der Waals surface area contributed by atoms with E-state index < -0.39 is 0 Å². The van der Waals surface area contributed by atoms with Crippen molar-refractivity contribution >= 4 is 18.3 Å². The number of nitrogens with zero attached hydrogens (tertiary/aromatic N) is 1. The van der Waals surface area contributed by atoms with Crippen molar-refractivity contribution in [1.82, 2.24) is 10.2 Å². The molecule has 0 spiro atoms. The molecule has 0 bridgehead atoms. The van der Waals surface area contributed by atoms with Crippen LogP contribution in [0.1, 0.15) is 17.3 Å². The smallest absolute Gasteiger partial charge is 0.258 e. The molecule has 1 aromatic carbocycles. The minimum atomic E-state index is 0. The van der Waals surface area contributed by atoms with Gasteiger partial charge in [-0.15, -0.1) is 12.4 Å². The van der Waals surface area contributed by atoms with Gasteiger partial charge in [0.05, 0.1) is 5.56 Å². The van der Waals surface area contributed by atoms with Gasteiger partial charge < -0.3 is 19.7 Å². The van der Waals surface area contributed by atoms with E-state index in [1.165, 1.54) is 0 Å². The second kappa shape index (κ2) is 6.33. The molecule has 1 aromatic rings. The molecule has 5 nitrogen and oxygen atoms in total. The predicted molar refractivity (Wildman–Crippen MR) is 78.0 cm³/mol. The Bertz CT molecular complexity index is 495. The molecule has 1 amide bonds. The molecule has 1 N–H and O–H groups in total. The number of hydrogen-bond acceptors (Lipinski definition) is 4. The Morgan fingerprint density at radius 1 is 1.35 bits per heavy atom. The van der Waals surface area contributed by atoms with Crippen molar-refractivity contribution < 1.29 is 14.3 Å². The molecule has 110 valence electrons. The van der Waals surface area contributed by atoms with E-state index in [0.29, 0.717) is 30.3 Å². The van der Waals surface area contributed by atoms with Gasteiger partial charge in [0.15, 0.2) is 11.5 Å². The lowest BCUT2D eigenvalue weighted by Gasteiger charge is -2.34. The third-order valence-electron chi connectivity index (χ3n) is 3.56. The van der Waals surface area contributed by atoms with Gasteiger partial charge in [0, 0.05) is 25.7 Å². The summed E-state index contributed by atoms with van der Waals surface area (Å²) in [5, 5.41) is 3.28. The number of piperazine rings is 1. The number of carbonyl (C=O) groups is 1. The molecule has 3 rings (SSSR count). The number of fused-ring (bicyclic) bond motifs is 1. The van der Waals surface area contributed by atoms with E-state index in [1.807, 2.05) is 23.1 Å². The van der Waals surface area contributed by atoms with Crippen LogP contribution >= 0.6 is 12.4 Å². The molecular formula is C14H19ClN2O3. The van der Waals surface area contributed by atoms with Crippen molar-refractivity contribution in [2.45, 2.75) is 13.0 Å². The maximum absolute atomic E-state index is 12.6. The van der Waals surface area contributed by atoms with Crippen molar-refractivity contribution in [3.05, 3.63) is 23.8 Å². The number of amides is 1. The van der Waals surface area contributed by atoms with Crippen LogP contribution in [0.15, 0.2) is 18.2 Å². The van der Waals surface area contributed by atoms with Crippen LogP contribution in [-0.2, 0) is 0 Å². The van der Waals surface area contributed by atoms with Gasteiger partial charge in [-0.3, -0.25) is 4.79 Å². The fourth-order valence-corrected chi connectivity index (χ4v) is 2.54. The zero-order chi connectivity index (χ0) is 13.2. The third-order valence-corrected chi connectivity index (χ3v) is 3.56. The number of para-hydroxylation sites is 1. The van der Waals surface area contributed by atoms with Crippen molar-refractivity contribution in [3.8, 4) is 11.5 Å². The van der Waals surface area contributed by atoms with Gasteiger partial charge in [-0.2, -0.15) is 0 Å². The van der Waals surface area contributed by atoms with Crippen LogP contribution in [0.4, 0.5) is 0 Å². The van der Waals surface area contributed by atoms with E-state index in [4.69, 9.17) is 9.47 Å². The Morgan fingerprint density at radius 3 is 2.95 bits per heavy atom. The molecule has 0 aliphatic carbocycles. The lowest BCUT2D eigenvalue weighted by Crippen LogP contribution is -2.52. The number of rotatable bonds is 1. The number of hydrogen-bond donors (Lipinski definition) is 1. The molecule has 0 aromatic heterocycles. The number of nitrogens with one attached hydrogen (secondary N) is 1. The highest BCUT2D eigenvalue weighted by atomic mass is 35.5. The first-order valence-corrected chi connectivity index (χ1v) is 6.67. The van der Waals surface area contributed by atoms with E-state index in [-0.39, 0.29) is 24.4 Å². The fourth-order valence-electron chi connectivity index (χ4n) is 2.54. The summed E-state index contributed by atoms with van der Waals surface area (Å²) in [4.78, 5) is 14.5. The molecule has 2 heterocycles. The molecule has 1 atom stereocenters. The van der Waals surface area contributed by atoms with Crippen LogP contribution < -0.4 is 14.8 Å². The number of benzene rings is 1. The Morgan fingerprint density at radius 2 is 2.15 bits per heavy atom. The lowest BCUT2D eigenvalue weighted by molar-refractivity contribution is 0.0646. The summed E-state index contributed by atoms with van der Waals surface area (Å²) in [7, 11) is 0. The Balaban J connectivity index is 0.00000147. The van der Waals surface area contributed by atoms with Crippen LogP contribution in [0, 0.1) is 0 Å². The number of carbonyl (C=O) groups excluding carboxylic acids is 1. The normalized spacial score (nSPS) is 21.1. The van der Waals surface area contributed by atoms with E-state index in [9.17, 15) is 4.79 Å². The van der Waals surface area contributed by atoms with Crippen molar-refractivity contribution in [1.29, 1.82) is 0 Å². The zero-order valence-electron chi connectivity index (χ0n) is 11.4. The van der Waals surface area contributed by atoms with Crippen LogP contribution in [-0.4, -0.2) is 49.7 Å². The second-order valence-electron chi connectivity index (χ2n) is 4.88. The lowest BCUT2D eigenvalue weighted by atomic mass is 10.1. The first-order valence-electron chi connectivity index (χ1n) is 6.67. The summed E-state index contributed by atoms with van der Waals surface area (Å²) in [6, 6.07) is 5.69. The van der Waals surface area contributed by atoms with Gasteiger partial charge in [-0.05, 0) is 19.1 Å². The summed E-state index contributed by atoms with van der Waals surface area (Å²) >= 11 is 0. The topological polar surface area (TPSA) is 50.8 Å². The van der Waals surface area contributed by atoms with E-state index in [0.717, 1.165) is 19.6 Å². The van der Waals surface area contributed by atoms with Crippen LogP contribution in [0.3, 0.4) is 0 Å².